The quantitative estimate of drug-likeness (QED) is 0.171. The summed E-state index contributed by atoms with van der Waals surface area (Å²) >= 11 is 0. The highest BCUT2D eigenvalue weighted by Gasteiger charge is 2.29. The molecule has 1 aliphatic heterocycles. The van der Waals surface area contributed by atoms with Crippen LogP contribution in [0.5, 0.6) is 0 Å². The van der Waals surface area contributed by atoms with E-state index < -0.39 is 0 Å². The van der Waals surface area contributed by atoms with Gasteiger partial charge in [-0.3, -0.25) is 9.59 Å². The van der Waals surface area contributed by atoms with E-state index in [0.717, 1.165) is 27.5 Å². The molecule has 5 aromatic rings. The van der Waals surface area contributed by atoms with Gasteiger partial charge < -0.3 is 30.2 Å². The van der Waals surface area contributed by atoms with Gasteiger partial charge in [0.05, 0.1) is 23.4 Å². The smallest absolute Gasteiger partial charge is 0.272 e. The van der Waals surface area contributed by atoms with Crippen LogP contribution in [0.4, 0.5) is 10.1 Å². The molecule has 2 aromatic heterocycles. The normalized spacial score (nSPS) is 13.5. The summed E-state index contributed by atoms with van der Waals surface area (Å²) in [6.07, 6.45) is 3.16. The second-order valence-corrected chi connectivity index (χ2v) is 11.2. The molecule has 8 nitrogen and oxygen atoms in total. The van der Waals surface area contributed by atoms with Gasteiger partial charge in [0, 0.05) is 55.8 Å². The number of benzene rings is 3. The van der Waals surface area contributed by atoms with Crippen molar-refractivity contribution in [2.45, 2.75) is 38.8 Å². The molecule has 0 radical (unpaired) electrons. The molecular formula is C34H38Cl2FN5O3. The van der Waals surface area contributed by atoms with Gasteiger partial charge in [0.25, 0.3) is 11.8 Å². The van der Waals surface area contributed by atoms with E-state index in [4.69, 9.17) is 10.5 Å². The molecule has 3 aromatic carbocycles. The number of methoxy groups -OCH3 is 1. The zero-order valence-electron chi connectivity index (χ0n) is 25.3. The molecule has 1 fully saturated rings. The minimum absolute atomic E-state index is 0. The maximum absolute atomic E-state index is 14.7. The van der Waals surface area contributed by atoms with Crippen molar-refractivity contribution >= 4 is 64.1 Å². The maximum atomic E-state index is 14.7. The number of fused-ring (bicyclic) bond motifs is 2. The van der Waals surface area contributed by atoms with Crippen LogP contribution < -0.4 is 11.1 Å². The van der Waals surface area contributed by atoms with Gasteiger partial charge in [-0.15, -0.1) is 24.8 Å². The highest BCUT2D eigenvalue weighted by atomic mass is 35.5. The van der Waals surface area contributed by atoms with Gasteiger partial charge in [-0.2, -0.15) is 0 Å². The number of amides is 2. The number of aromatic nitrogens is 2. The Hall–Kier alpha value is -3.89. The molecule has 1 aliphatic rings. The summed E-state index contributed by atoms with van der Waals surface area (Å²) in [6, 6.07) is 18.5. The summed E-state index contributed by atoms with van der Waals surface area (Å²) in [7, 11) is 1.64. The lowest BCUT2D eigenvalue weighted by Gasteiger charge is -2.32. The van der Waals surface area contributed by atoms with E-state index in [9.17, 15) is 14.0 Å². The van der Waals surface area contributed by atoms with E-state index in [1.807, 2.05) is 71.1 Å². The number of anilines is 1. The number of ether oxygens (including phenoxy) is 1. The Kier molecular flexibility index (Phi) is 10.9. The highest BCUT2D eigenvalue weighted by molar-refractivity contribution is 6.16. The molecule has 3 heterocycles. The average molecular weight is 655 g/mol. The molecule has 6 rings (SSSR count). The van der Waals surface area contributed by atoms with Crippen molar-refractivity contribution in [3.63, 3.8) is 0 Å². The van der Waals surface area contributed by atoms with Crippen molar-refractivity contribution in [2.75, 3.05) is 32.1 Å². The van der Waals surface area contributed by atoms with Crippen LogP contribution in [0.1, 0.15) is 56.3 Å². The SMILES string of the molecule is COCCn1cc(C(=O)N2CCC(c3cc(CN)ccc3F)CC2)c2c(NC(=O)c3cc4cccc(C)c4[nH]3)cccc21.Cl.Cl. The van der Waals surface area contributed by atoms with Crippen molar-refractivity contribution in [1.82, 2.24) is 14.5 Å². The Balaban J connectivity index is 0.00000230. The minimum atomic E-state index is -0.284. The van der Waals surface area contributed by atoms with Crippen LogP contribution >= 0.6 is 24.8 Å². The third kappa shape index (κ3) is 6.72. The fraction of sp³-hybridized carbons (Fsp3) is 0.294. The molecule has 4 N–H and O–H groups in total. The standard InChI is InChI=1S/C34H36FN5O3.2ClH/c1-21-5-3-6-24-18-29(37-32(21)24)33(41)38-28-7-4-8-30-31(28)26(20-40(30)15-16-43-2)34(42)39-13-11-23(12-14-39)25-17-22(19-36)9-10-27(25)35;;/h3-10,17-18,20,23,37H,11-16,19,36H2,1-2H3,(H,38,41);2*1H. The first-order valence-corrected chi connectivity index (χ1v) is 14.7. The number of hydrogen-bond donors (Lipinski definition) is 3. The number of likely N-dealkylation sites (tertiary alicyclic amines) is 1. The lowest BCUT2D eigenvalue weighted by atomic mass is 9.88. The Morgan fingerprint density at radius 3 is 2.53 bits per heavy atom. The average Bonchev–Trinajstić information content (AvgIpc) is 3.64. The fourth-order valence-electron chi connectivity index (χ4n) is 6.21. The number of halogens is 3. The van der Waals surface area contributed by atoms with Crippen LogP contribution in [0.3, 0.4) is 0 Å². The molecule has 11 heteroatoms. The maximum Gasteiger partial charge on any atom is 0.272 e. The van der Waals surface area contributed by atoms with Gasteiger partial charge in [0.1, 0.15) is 11.5 Å². The van der Waals surface area contributed by atoms with Gasteiger partial charge in [0.15, 0.2) is 0 Å². The van der Waals surface area contributed by atoms with Gasteiger partial charge in [-0.1, -0.05) is 36.4 Å². The first kappa shape index (κ1) is 34.0. The van der Waals surface area contributed by atoms with Crippen molar-refractivity contribution in [2.24, 2.45) is 5.73 Å². The van der Waals surface area contributed by atoms with E-state index in [1.165, 1.54) is 6.07 Å². The number of carbonyl (C=O) groups is 2. The first-order chi connectivity index (χ1) is 20.9. The molecule has 0 bridgehead atoms. The molecule has 0 saturated carbocycles. The molecule has 0 unspecified atom stereocenters. The largest absolute Gasteiger partial charge is 0.383 e. The van der Waals surface area contributed by atoms with Crippen molar-refractivity contribution < 1.29 is 18.7 Å². The monoisotopic (exact) mass is 653 g/mol. The van der Waals surface area contributed by atoms with Crippen LogP contribution in [-0.2, 0) is 17.8 Å². The molecular weight excluding hydrogens is 616 g/mol. The molecule has 0 atom stereocenters. The number of nitrogens with zero attached hydrogens (tertiary/aromatic N) is 2. The topological polar surface area (TPSA) is 105 Å². The van der Waals surface area contributed by atoms with Gasteiger partial charge in [0.2, 0.25) is 0 Å². The number of piperidine rings is 1. The molecule has 238 valence electrons. The Bertz CT molecular complexity index is 1830. The molecule has 45 heavy (non-hydrogen) atoms. The summed E-state index contributed by atoms with van der Waals surface area (Å²) in [5, 5.41) is 4.71. The predicted octanol–water partition coefficient (Wildman–Crippen LogP) is 6.79. The highest BCUT2D eigenvalue weighted by Crippen LogP contribution is 2.34. The summed E-state index contributed by atoms with van der Waals surface area (Å²) in [5.41, 5.74) is 11.7. The number of nitrogens with two attached hydrogens (primary N) is 1. The lowest BCUT2D eigenvalue weighted by Crippen LogP contribution is -2.38. The number of carbonyl (C=O) groups excluding carboxylic acids is 2. The number of aryl methyl sites for hydroxylation is 1. The Morgan fingerprint density at radius 1 is 1.07 bits per heavy atom. The molecule has 0 aliphatic carbocycles. The van der Waals surface area contributed by atoms with Crippen LogP contribution in [0, 0.1) is 12.7 Å². The van der Waals surface area contributed by atoms with E-state index in [-0.39, 0.29) is 48.4 Å². The van der Waals surface area contributed by atoms with Crippen LogP contribution in [0.25, 0.3) is 21.8 Å². The van der Waals surface area contributed by atoms with E-state index in [2.05, 4.69) is 10.3 Å². The number of H-pyrrole nitrogens is 1. The van der Waals surface area contributed by atoms with Crippen LogP contribution in [0.2, 0.25) is 0 Å². The van der Waals surface area contributed by atoms with Crippen LogP contribution in [0.15, 0.2) is 66.9 Å². The number of hydrogen-bond acceptors (Lipinski definition) is 4. The molecule has 0 spiro atoms. The zero-order chi connectivity index (χ0) is 30.1. The summed E-state index contributed by atoms with van der Waals surface area (Å²) < 4.78 is 22.0. The van der Waals surface area contributed by atoms with Gasteiger partial charge >= 0.3 is 0 Å². The number of aromatic amines is 1. The number of nitrogens with one attached hydrogen (secondary N) is 2. The number of para-hydroxylation sites is 1. The van der Waals surface area contributed by atoms with E-state index in [1.54, 1.807) is 13.2 Å². The molecule has 1 saturated heterocycles. The summed E-state index contributed by atoms with van der Waals surface area (Å²) in [6.45, 7) is 4.39. The summed E-state index contributed by atoms with van der Waals surface area (Å²) in [5.74, 6) is -0.602. The first-order valence-electron chi connectivity index (χ1n) is 14.7. The Labute approximate surface area is 273 Å². The van der Waals surface area contributed by atoms with Gasteiger partial charge in [-0.05, 0) is 66.6 Å². The van der Waals surface area contributed by atoms with Crippen molar-refractivity contribution in [3.05, 3.63) is 101 Å². The second-order valence-electron chi connectivity index (χ2n) is 11.2. The third-order valence-corrected chi connectivity index (χ3v) is 8.55. The minimum Gasteiger partial charge on any atom is -0.383 e. The number of rotatable bonds is 8. The van der Waals surface area contributed by atoms with E-state index >= 15 is 0 Å². The van der Waals surface area contributed by atoms with Crippen molar-refractivity contribution in [3.8, 4) is 0 Å². The zero-order valence-corrected chi connectivity index (χ0v) is 26.9. The van der Waals surface area contributed by atoms with E-state index in [0.29, 0.717) is 73.5 Å². The lowest BCUT2D eigenvalue weighted by molar-refractivity contribution is 0.0713. The predicted molar refractivity (Wildman–Crippen MR) is 181 cm³/mol. The second kappa shape index (κ2) is 14.5. The third-order valence-electron chi connectivity index (χ3n) is 8.55. The Morgan fingerprint density at radius 2 is 1.82 bits per heavy atom. The summed E-state index contributed by atoms with van der Waals surface area (Å²) in [4.78, 5) is 32.6. The van der Waals surface area contributed by atoms with Gasteiger partial charge in [-0.25, -0.2) is 4.39 Å². The van der Waals surface area contributed by atoms with Crippen LogP contribution in [-0.4, -0.2) is 53.1 Å². The molecule has 2 amide bonds. The van der Waals surface area contributed by atoms with Crippen molar-refractivity contribution in [1.29, 1.82) is 0 Å². The fourth-order valence-corrected chi connectivity index (χ4v) is 6.21.